The Hall–Kier alpha value is -1.75. The molecule has 0 saturated heterocycles. The quantitative estimate of drug-likeness (QED) is 0.367. The minimum Gasteiger partial charge on any atom is -0.352 e. The van der Waals surface area contributed by atoms with Gasteiger partial charge < -0.3 is 10.6 Å². The molecule has 0 radical (unpaired) electrons. The Morgan fingerprint density at radius 2 is 1.88 bits per heavy atom. The van der Waals surface area contributed by atoms with Gasteiger partial charge in [0.05, 0.1) is 18.0 Å². The minimum absolute atomic E-state index is 0. The number of benzene rings is 1. The first-order chi connectivity index (χ1) is 11.9. The predicted molar refractivity (Wildman–Crippen MR) is 112 cm³/mol. The largest absolute Gasteiger partial charge is 0.352 e. The van der Waals surface area contributed by atoms with Gasteiger partial charge in [-0.2, -0.15) is 0 Å². The Kier molecular flexibility index (Phi) is 8.93. The van der Waals surface area contributed by atoms with Gasteiger partial charge >= 0.3 is 0 Å². The average Bonchev–Trinajstić information content (AvgIpc) is 2.57. The van der Waals surface area contributed by atoms with Crippen molar-refractivity contribution in [2.45, 2.75) is 18.8 Å². The number of guanidine groups is 1. The van der Waals surface area contributed by atoms with Gasteiger partial charge in [-0.05, 0) is 35.4 Å². The maximum absolute atomic E-state index is 13.5. The van der Waals surface area contributed by atoms with Gasteiger partial charge in [0.15, 0.2) is 15.8 Å². The molecule has 0 amide bonds. The summed E-state index contributed by atoms with van der Waals surface area (Å²) in [6.45, 7) is 0.740. The van der Waals surface area contributed by atoms with Crippen LogP contribution >= 0.6 is 24.0 Å². The molecule has 1 aromatic carbocycles. The first kappa shape index (κ1) is 22.3. The third-order valence-electron chi connectivity index (χ3n) is 3.42. The fourth-order valence-electron chi connectivity index (χ4n) is 2.26. The van der Waals surface area contributed by atoms with Gasteiger partial charge in [0.1, 0.15) is 5.82 Å². The molecule has 2 N–H and O–H groups in total. The zero-order chi connectivity index (χ0) is 18.3. The standard InChI is InChI=1S/C17H21FN4O2S.HI/c1-19-17(22-11-16-5-3-4-8-20-16)21-10-14-9-15(18)7-6-13(14)12-25(2,23)24;/h3-9H,10-12H2,1-2H3,(H2,19,21,22);1H. The number of hydrogen-bond donors (Lipinski definition) is 2. The summed E-state index contributed by atoms with van der Waals surface area (Å²) in [5, 5.41) is 6.16. The second-order valence-electron chi connectivity index (χ2n) is 5.58. The Morgan fingerprint density at radius 3 is 2.50 bits per heavy atom. The summed E-state index contributed by atoms with van der Waals surface area (Å²) < 4.78 is 36.6. The lowest BCUT2D eigenvalue weighted by atomic mass is 10.1. The van der Waals surface area contributed by atoms with Gasteiger partial charge in [0.2, 0.25) is 0 Å². The topological polar surface area (TPSA) is 83.4 Å². The molecule has 9 heteroatoms. The summed E-state index contributed by atoms with van der Waals surface area (Å²) in [5.41, 5.74) is 2.00. The summed E-state index contributed by atoms with van der Waals surface area (Å²) >= 11 is 0. The lowest BCUT2D eigenvalue weighted by Crippen LogP contribution is -2.36. The summed E-state index contributed by atoms with van der Waals surface area (Å²) in [6.07, 6.45) is 2.86. The van der Waals surface area contributed by atoms with Crippen LogP contribution in [0.1, 0.15) is 16.8 Å². The van der Waals surface area contributed by atoms with Crippen molar-refractivity contribution in [1.82, 2.24) is 15.6 Å². The van der Waals surface area contributed by atoms with Crippen LogP contribution in [0.15, 0.2) is 47.6 Å². The monoisotopic (exact) mass is 492 g/mol. The molecule has 1 aromatic heterocycles. The van der Waals surface area contributed by atoms with E-state index < -0.39 is 15.7 Å². The van der Waals surface area contributed by atoms with Gasteiger partial charge in [0, 0.05) is 26.0 Å². The van der Waals surface area contributed by atoms with E-state index in [1.165, 1.54) is 18.2 Å². The van der Waals surface area contributed by atoms with E-state index in [0.29, 0.717) is 23.6 Å². The van der Waals surface area contributed by atoms with Gasteiger partial charge in [-0.25, -0.2) is 12.8 Å². The van der Waals surface area contributed by atoms with Crippen LogP contribution in [0, 0.1) is 5.82 Å². The molecule has 0 aliphatic rings. The second-order valence-corrected chi connectivity index (χ2v) is 7.72. The van der Waals surface area contributed by atoms with Gasteiger partial charge in [-0.3, -0.25) is 9.98 Å². The molecule has 6 nitrogen and oxygen atoms in total. The molecular weight excluding hydrogens is 470 g/mol. The van der Waals surface area contributed by atoms with Crippen molar-refractivity contribution in [3.8, 4) is 0 Å². The number of aliphatic imine (C=N–C) groups is 1. The first-order valence-electron chi connectivity index (χ1n) is 7.67. The van der Waals surface area contributed by atoms with Crippen molar-refractivity contribution in [3.63, 3.8) is 0 Å². The van der Waals surface area contributed by atoms with Crippen molar-refractivity contribution < 1.29 is 12.8 Å². The minimum atomic E-state index is -3.21. The maximum atomic E-state index is 13.5. The van der Waals surface area contributed by atoms with E-state index in [4.69, 9.17) is 0 Å². The Morgan fingerprint density at radius 1 is 1.15 bits per heavy atom. The molecule has 0 unspecified atom stereocenters. The smallest absolute Gasteiger partial charge is 0.191 e. The summed E-state index contributed by atoms with van der Waals surface area (Å²) in [7, 11) is -1.59. The lowest BCUT2D eigenvalue weighted by Gasteiger charge is -2.14. The molecule has 0 fully saturated rings. The highest BCUT2D eigenvalue weighted by molar-refractivity contribution is 14.0. The van der Waals surface area contributed by atoms with Crippen LogP contribution in [-0.2, 0) is 28.7 Å². The van der Waals surface area contributed by atoms with Crippen molar-refractivity contribution in [2.24, 2.45) is 4.99 Å². The summed E-state index contributed by atoms with van der Waals surface area (Å²) in [4.78, 5) is 8.31. The van der Waals surface area contributed by atoms with Crippen LogP contribution < -0.4 is 10.6 Å². The lowest BCUT2D eigenvalue weighted by molar-refractivity contribution is 0.599. The van der Waals surface area contributed by atoms with Crippen LogP contribution in [0.3, 0.4) is 0 Å². The highest BCUT2D eigenvalue weighted by Crippen LogP contribution is 2.14. The van der Waals surface area contributed by atoms with E-state index in [2.05, 4.69) is 20.6 Å². The molecule has 2 rings (SSSR count). The fraction of sp³-hybridized carbons (Fsp3) is 0.294. The fourth-order valence-corrected chi connectivity index (χ4v) is 3.11. The van der Waals surface area contributed by atoms with Crippen LogP contribution in [-0.4, -0.2) is 32.7 Å². The van der Waals surface area contributed by atoms with Crippen LogP contribution in [0.5, 0.6) is 0 Å². The third-order valence-corrected chi connectivity index (χ3v) is 4.25. The Balaban J connectivity index is 0.00000338. The Labute approximate surface area is 170 Å². The zero-order valence-electron chi connectivity index (χ0n) is 14.6. The molecule has 0 aliphatic carbocycles. The normalized spacial score (nSPS) is 11.6. The maximum Gasteiger partial charge on any atom is 0.191 e. The number of rotatable bonds is 6. The van der Waals surface area contributed by atoms with E-state index in [9.17, 15) is 12.8 Å². The van der Waals surface area contributed by atoms with Crippen molar-refractivity contribution in [1.29, 1.82) is 0 Å². The molecule has 0 bridgehead atoms. The molecular formula is C17H22FIN4O2S. The van der Waals surface area contributed by atoms with E-state index in [0.717, 1.165) is 11.9 Å². The number of hydrogen-bond acceptors (Lipinski definition) is 4. The highest BCUT2D eigenvalue weighted by Gasteiger charge is 2.11. The van der Waals surface area contributed by atoms with E-state index in [1.54, 1.807) is 13.2 Å². The zero-order valence-corrected chi connectivity index (χ0v) is 17.7. The number of pyridine rings is 1. The van der Waals surface area contributed by atoms with Crippen molar-refractivity contribution in [2.75, 3.05) is 13.3 Å². The second kappa shape index (κ2) is 10.4. The van der Waals surface area contributed by atoms with E-state index in [-0.39, 0.29) is 36.3 Å². The molecule has 1 heterocycles. The van der Waals surface area contributed by atoms with Gasteiger partial charge in [-0.1, -0.05) is 12.1 Å². The molecule has 0 saturated carbocycles. The van der Waals surface area contributed by atoms with Crippen LogP contribution in [0.25, 0.3) is 0 Å². The summed E-state index contributed by atoms with van der Waals surface area (Å²) in [5.74, 6) is -0.0322. The number of sulfone groups is 1. The Bertz CT molecular complexity index is 845. The molecule has 2 aromatic rings. The predicted octanol–water partition coefficient (Wildman–Crippen LogP) is 2.25. The van der Waals surface area contributed by atoms with Crippen molar-refractivity contribution >= 4 is 39.8 Å². The number of nitrogens with zero attached hydrogens (tertiary/aromatic N) is 2. The molecule has 0 spiro atoms. The van der Waals surface area contributed by atoms with Gasteiger partial charge in [0.25, 0.3) is 0 Å². The number of halogens is 2. The molecule has 142 valence electrons. The number of aromatic nitrogens is 1. The van der Waals surface area contributed by atoms with E-state index in [1.807, 2.05) is 18.2 Å². The van der Waals surface area contributed by atoms with Crippen LogP contribution in [0.2, 0.25) is 0 Å². The highest BCUT2D eigenvalue weighted by atomic mass is 127. The molecule has 26 heavy (non-hydrogen) atoms. The van der Waals surface area contributed by atoms with E-state index >= 15 is 0 Å². The average molecular weight is 492 g/mol. The third kappa shape index (κ3) is 7.65. The molecule has 0 aliphatic heterocycles. The molecule has 0 atom stereocenters. The van der Waals surface area contributed by atoms with Crippen molar-refractivity contribution in [3.05, 3.63) is 65.2 Å². The van der Waals surface area contributed by atoms with Gasteiger partial charge in [-0.15, -0.1) is 24.0 Å². The van der Waals surface area contributed by atoms with Crippen LogP contribution in [0.4, 0.5) is 4.39 Å². The first-order valence-corrected chi connectivity index (χ1v) is 9.73. The summed E-state index contributed by atoms with van der Waals surface area (Å²) in [6, 6.07) is 9.71. The SMILES string of the molecule is CN=C(NCc1ccccn1)NCc1cc(F)ccc1CS(C)(=O)=O.I. The number of nitrogens with one attached hydrogen (secondary N) is 2.